The highest BCUT2D eigenvalue weighted by Gasteiger charge is 2.29. The van der Waals surface area contributed by atoms with E-state index in [2.05, 4.69) is 25.5 Å². The lowest BCUT2D eigenvalue weighted by atomic mass is 10.2. The molecular weight excluding hydrogens is 354 g/mol. The first kappa shape index (κ1) is 19.7. The van der Waals surface area contributed by atoms with Gasteiger partial charge in [-0.25, -0.2) is 8.78 Å². The van der Waals surface area contributed by atoms with Crippen LogP contribution in [0.2, 0.25) is 0 Å². The summed E-state index contributed by atoms with van der Waals surface area (Å²) in [6.07, 6.45) is -1.28. The molecule has 1 aliphatic rings. The van der Waals surface area contributed by atoms with E-state index in [1.54, 1.807) is 0 Å². The van der Waals surface area contributed by atoms with E-state index in [0.717, 1.165) is 13.1 Å². The van der Waals surface area contributed by atoms with Crippen molar-refractivity contribution in [3.8, 4) is 11.5 Å². The summed E-state index contributed by atoms with van der Waals surface area (Å²) in [6, 6.07) is -0.0306. The second-order valence-corrected chi connectivity index (χ2v) is 6.48. The summed E-state index contributed by atoms with van der Waals surface area (Å²) in [7, 11) is 1.98. The van der Waals surface area contributed by atoms with Gasteiger partial charge < -0.3 is 9.84 Å². The Balaban J connectivity index is 0.00000225. The van der Waals surface area contributed by atoms with Gasteiger partial charge in [0.15, 0.2) is 5.82 Å². The summed E-state index contributed by atoms with van der Waals surface area (Å²) in [5, 5.41) is 11.3. The topological polar surface area (TPSA) is 72.0 Å². The molecule has 2 aromatic heterocycles. The Kier molecular flexibility index (Phi) is 6.47. The number of nitrogens with one attached hydrogen (secondary N) is 1. The van der Waals surface area contributed by atoms with Gasteiger partial charge in [0.1, 0.15) is 5.69 Å². The lowest BCUT2D eigenvalue weighted by Gasteiger charge is -2.30. The van der Waals surface area contributed by atoms with Gasteiger partial charge in [-0.15, -0.1) is 12.4 Å². The van der Waals surface area contributed by atoms with Gasteiger partial charge in [-0.1, -0.05) is 19.0 Å². The van der Waals surface area contributed by atoms with Crippen molar-refractivity contribution in [2.45, 2.75) is 32.9 Å². The molecule has 0 radical (unpaired) electrons. The molecule has 1 atom stereocenters. The van der Waals surface area contributed by atoms with Crippen molar-refractivity contribution in [3.63, 3.8) is 0 Å². The molecule has 1 unspecified atom stereocenters. The molecule has 25 heavy (non-hydrogen) atoms. The van der Waals surface area contributed by atoms with Crippen LogP contribution in [0, 0.1) is 5.92 Å². The molecule has 140 valence electrons. The molecule has 3 rings (SSSR count). The van der Waals surface area contributed by atoms with Gasteiger partial charge in [-0.05, 0) is 13.0 Å². The van der Waals surface area contributed by atoms with Gasteiger partial charge in [0, 0.05) is 26.2 Å². The van der Waals surface area contributed by atoms with E-state index in [-0.39, 0.29) is 41.5 Å². The van der Waals surface area contributed by atoms with Crippen molar-refractivity contribution in [1.82, 2.24) is 30.1 Å². The van der Waals surface area contributed by atoms with E-state index >= 15 is 0 Å². The van der Waals surface area contributed by atoms with Crippen LogP contribution < -0.4 is 5.32 Å². The maximum Gasteiger partial charge on any atom is 0.280 e. The number of nitrogens with zero attached hydrogens (tertiary/aromatic N) is 5. The molecule has 1 N–H and O–H groups in total. The molecule has 0 bridgehead atoms. The Morgan fingerprint density at radius 2 is 2.16 bits per heavy atom. The molecule has 0 aliphatic carbocycles. The van der Waals surface area contributed by atoms with E-state index in [4.69, 9.17) is 4.52 Å². The largest absolute Gasteiger partial charge is 0.334 e. The fourth-order valence-electron chi connectivity index (χ4n) is 2.86. The Bertz CT molecular complexity index is 689. The number of piperazine rings is 1. The summed E-state index contributed by atoms with van der Waals surface area (Å²) in [4.78, 5) is 6.46. The van der Waals surface area contributed by atoms with Gasteiger partial charge in [0.25, 0.3) is 12.3 Å². The molecule has 0 spiro atoms. The van der Waals surface area contributed by atoms with E-state index in [1.807, 2.05) is 20.9 Å². The maximum absolute atomic E-state index is 13.5. The van der Waals surface area contributed by atoms with Crippen molar-refractivity contribution in [3.05, 3.63) is 17.7 Å². The van der Waals surface area contributed by atoms with Gasteiger partial charge in [0.2, 0.25) is 0 Å². The molecule has 1 aliphatic heterocycles. The molecule has 0 aromatic carbocycles. The minimum Gasteiger partial charge on any atom is -0.334 e. The summed E-state index contributed by atoms with van der Waals surface area (Å²) in [6.45, 7) is 6.78. The minimum absolute atomic E-state index is 0. The van der Waals surface area contributed by atoms with Crippen molar-refractivity contribution < 1.29 is 13.3 Å². The highest BCUT2D eigenvalue weighted by atomic mass is 35.5. The molecule has 1 fully saturated rings. The van der Waals surface area contributed by atoms with Crippen LogP contribution in [-0.4, -0.2) is 51.5 Å². The third-order valence-corrected chi connectivity index (χ3v) is 4.11. The standard InChI is InChI=1S/C15H22F2N6O.ClH/c1-9(2)8-23-12(13(16)17)10(6-19-23)15-20-14(21-24-15)11-7-18-4-5-22(11)3;/h6,9,11,13,18H,4-5,7-8H2,1-3H3;1H. The average Bonchev–Trinajstić information content (AvgIpc) is 3.13. The first-order valence-electron chi connectivity index (χ1n) is 8.06. The highest BCUT2D eigenvalue weighted by molar-refractivity contribution is 5.85. The normalized spacial score (nSPS) is 18.8. The predicted octanol–water partition coefficient (Wildman–Crippen LogP) is 2.52. The van der Waals surface area contributed by atoms with Crippen LogP contribution in [0.5, 0.6) is 0 Å². The highest BCUT2D eigenvalue weighted by Crippen LogP contribution is 2.31. The third-order valence-electron chi connectivity index (χ3n) is 4.11. The monoisotopic (exact) mass is 376 g/mol. The SMILES string of the molecule is CC(C)Cn1ncc(-c2nc(C3CNCCN3C)no2)c1C(F)F.Cl. The number of halogens is 3. The fraction of sp³-hybridized carbons (Fsp3) is 0.667. The fourth-order valence-corrected chi connectivity index (χ4v) is 2.86. The summed E-state index contributed by atoms with van der Waals surface area (Å²) < 4.78 is 33.6. The molecule has 1 saturated heterocycles. The van der Waals surface area contributed by atoms with Crippen LogP contribution in [0.15, 0.2) is 10.7 Å². The quantitative estimate of drug-likeness (QED) is 0.864. The van der Waals surface area contributed by atoms with Crippen molar-refractivity contribution in [2.75, 3.05) is 26.7 Å². The molecule has 0 amide bonds. The minimum atomic E-state index is -2.66. The molecule has 2 aromatic rings. The summed E-state index contributed by atoms with van der Waals surface area (Å²) >= 11 is 0. The Labute approximate surface area is 151 Å². The maximum atomic E-state index is 13.5. The van der Waals surface area contributed by atoms with Crippen molar-refractivity contribution in [1.29, 1.82) is 0 Å². The Morgan fingerprint density at radius 1 is 1.40 bits per heavy atom. The lowest BCUT2D eigenvalue weighted by molar-refractivity contribution is 0.138. The van der Waals surface area contributed by atoms with Gasteiger partial charge in [0.05, 0.1) is 17.8 Å². The zero-order chi connectivity index (χ0) is 17.3. The predicted molar refractivity (Wildman–Crippen MR) is 90.8 cm³/mol. The van der Waals surface area contributed by atoms with E-state index in [9.17, 15) is 8.78 Å². The summed E-state index contributed by atoms with van der Waals surface area (Å²) in [5.41, 5.74) is 0.0323. The Morgan fingerprint density at radius 3 is 2.80 bits per heavy atom. The van der Waals surface area contributed by atoms with Crippen LogP contribution in [-0.2, 0) is 6.54 Å². The van der Waals surface area contributed by atoms with E-state index in [1.165, 1.54) is 10.9 Å². The zero-order valence-corrected chi connectivity index (χ0v) is 15.3. The van der Waals surface area contributed by atoms with Crippen LogP contribution in [0.4, 0.5) is 8.78 Å². The Hall–Kier alpha value is -1.58. The number of rotatable bonds is 5. The van der Waals surface area contributed by atoms with E-state index < -0.39 is 6.43 Å². The van der Waals surface area contributed by atoms with Crippen molar-refractivity contribution in [2.24, 2.45) is 5.92 Å². The van der Waals surface area contributed by atoms with Crippen LogP contribution in [0.25, 0.3) is 11.5 Å². The number of hydrogen-bond donors (Lipinski definition) is 1. The second kappa shape index (κ2) is 8.20. The average molecular weight is 377 g/mol. The van der Waals surface area contributed by atoms with Gasteiger partial charge in [-0.3, -0.25) is 9.58 Å². The number of likely N-dealkylation sites (N-methyl/N-ethyl adjacent to an activating group) is 1. The smallest absolute Gasteiger partial charge is 0.280 e. The van der Waals surface area contributed by atoms with E-state index in [0.29, 0.717) is 18.9 Å². The first-order valence-corrected chi connectivity index (χ1v) is 8.06. The molecule has 0 saturated carbocycles. The lowest BCUT2D eigenvalue weighted by Crippen LogP contribution is -2.44. The molecule has 10 heteroatoms. The molecule has 7 nitrogen and oxygen atoms in total. The van der Waals surface area contributed by atoms with Crippen LogP contribution in [0.3, 0.4) is 0 Å². The van der Waals surface area contributed by atoms with Crippen LogP contribution in [0.1, 0.15) is 37.8 Å². The number of aromatic nitrogens is 4. The first-order chi connectivity index (χ1) is 11.5. The van der Waals surface area contributed by atoms with Crippen molar-refractivity contribution >= 4 is 12.4 Å². The van der Waals surface area contributed by atoms with Gasteiger partial charge >= 0.3 is 0 Å². The zero-order valence-electron chi connectivity index (χ0n) is 14.4. The number of alkyl halides is 2. The van der Waals surface area contributed by atoms with Crippen LogP contribution >= 0.6 is 12.4 Å². The summed E-state index contributed by atoms with van der Waals surface area (Å²) in [5.74, 6) is 0.793. The molecular formula is C15H23ClF2N6O. The number of hydrogen-bond acceptors (Lipinski definition) is 6. The van der Waals surface area contributed by atoms with Gasteiger partial charge in [-0.2, -0.15) is 10.1 Å². The third kappa shape index (κ3) is 4.16. The molecule has 3 heterocycles. The second-order valence-electron chi connectivity index (χ2n) is 6.48.